The summed E-state index contributed by atoms with van der Waals surface area (Å²) in [6.07, 6.45) is 1.58. The summed E-state index contributed by atoms with van der Waals surface area (Å²) in [5, 5.41) is 3.96. The number of hydrogen-bond donors (Lipinski definition) is 1. The monoisotopic (exact) mass is 268 g/mol. The van der Waals surface area contributed by atoms with Crippen LogP contribution < -0.4 is 10.2 Å². The second-order valence-corrected chi connectivity index (χ2v) is 4.04. The average Bonchev–Trinajstić information content (AvgIpc) is 2.50. The molecule has 0 radical (unpaired) electrons. The fourth-order valence-electron chi connectivity index (χ4n) is 1.69. The molecule has 0 aliphatic rings. The number of ether oxygens (including phenoxy) is 1. The second-order valence-electron chi connectivity index (χ2n) is 4.04. The van der Waals surface area contributed by atoms with Crippen LogP contribution in [0.5, 0.6) is 5.75 Å². The van der Waals surface area contributed by atoms with E-state index in [0.717, 1.165) is 11.3 Å². The van der Waals surface area contributed by atoms with Crippen LogP contribution in [-0.4, -0.2) is 18.7 Å². The molecule has 1 amide bonds. The molecule has 2 rings (SSSR count). The van der Waals surface area contributed by atoms with Gasteiger partial charge in [-0.2, -0.15) is 5.10 Å². The van der Waals surface area contributed by atoms with E-state index < -0.39 is 0 Å². The zero-order chi connectivity index (χ0) is 14.2. The van der Waals surface area contributed by atoms with E-state index in [0.29, 0.717) is 12.2 Å². The number of hydrogen-bond acceptors (Lipinski definition) is 3. The molecule has 0 atom stereocenters. The lowest BCUT2D eigenvalue weighted by atomic mass is 10.2. The highest BCUT2D eigenvalue weighted by Crippen LogP contribution is 2.15. The lowest BCUT2D eigenvalue weighted by molar-refractivity contribution is 0.0955. The Kier molecular flexibility index (Phi) is 4.89. The van der Waals surface area contributed by atoms with Gasteiger partial charge in [-0.1, -0.05) is 30.3 Å². The minimum atomic E-state index is -0.240. The quantitative estimate of drug-likeness (QED) is 0.669. The third-order valence-electron chi connectivity index (χ3n) is 2.62. The van der Waals surface area contributed by atoms with E-state index in [4.69, 9.17) is 4.74 Å². The summed E-state index contributed by atoms with van der Waals surface area (Å²) in [5.41, 5.74) is 3.89. The molecule has 0 spiro atoms. The van der Waals surface area contributed by atoms with Crippen LogP contribution in [-0.2, 0) is 0 Å². The average molecular weight is 268 g/mol. The molecule has 4 nitrogen and oxygen atoms in total. The summed E-state index contributed by atoms with van der Waals surface area (Å²) in [4.78, 5) is 11.8. The molecule has 2 aromatic rings. The molecule has 0 fully saturated rings. The van der Waals surface area contributed by atoms with Crippen LogP contribution in [0.4, 0.5) is 0 Å². The molecule has 0 heterocycles. The second kappa shape index (κ2) is 7.09. The van der Waals surface area contributed by atoms with E-state index in [1.165, 1.54) is 0 Å². The normalized spacial score (nSPS) is 10.4. The van der Waals surface area contributed by atoms with Crippen LogP contribution >= 0.6 is 0 Å². The van der Waals surface area contributed by atoms with Crippen LogP contribution in [0, 0.1) is 0 Å². The van der Waals surface area contributed by atoms with Gasteiger partial charge in [0.05, 0.1) is 12.8 Å². The van der Waals surface area contributed by atoms with E-state index in [1.54, 1.807) is 18.3 Å². The Bertz CT molecular complexity index is 594. The predicted molar refractivity (Wildman–Crippen MR) is 79.1 cm³/mol. The van der Waals surface area contributed by atoms with Gasteiger partial charge in [-0.15, -0.1) is 0 Å². The lowest BCUT2D eigenvalue weighted by Gasteiger charge is -2.05. The molecule has 2 aromatic carbocycles. The number of benzene rings is 2. The molecular formula is C16H16N2O2. The number of rotatable bonds is 5. The van der Waals surface area contributed by atoms with Crippen LogP contribution in [0.25, 0.3) is 0 Å². The highest BCUT2D eigenvalue weighted by molar-refractivity contribution is 5.95. The molecule has 1 N–H and O–H groups in total. The number of amides is 1. The zero-order valence-corrected chi connectivity index (χ0v) is 11.2. The summed E-state index contributed by atoms with van der Waals surface area (Å²) in [6, 6.07) is 16.5. The van der Waals surface area contributed by atoms with Crippen molar-refractivity contribution < 1.29 is 9.53 Å². The fourth-order valence-corrected chi connectivity index (χ4v) is 1.69. The standard InChI is InChI=1S/C16H16N2O2/c1-2-20-15-11-7-6-10-14(15)12-17-18-16(19)13-8-4-3-5-9-13/h3-12H,2H2,1H3,(H,18,19)/b17-12-. The Labute approximate surface area is 118 Å². The number of carbonyl (C=O) groups excluding carboxylic acids is 1. The van der Waals surface area contributed by atoms with Crippen molar-refractivity contribution in [2.24, 2.45) is 5.10 Å². The molecule has 0 bridgehead atoms. The summed E-state index contributed by atoms with van der Waals surface area (Å²) in [7, 11) is 0. The van der Waals surface area contributed by atoms with Gasteiger partial charge in [0.15, 0.2) is 0 Å². The number of nitrogens with zero attached hydrogens (tertiary/aromatic N) is 1. The van der Waals surface area contributed by atoms with Crippen LogP contribution in [0.15, 0.2) is 59.7 Å². The van der Waals surface area contributed by atoms with Gasteiger partial charge in [-0.05, 0) is 31.2 Å². The molecule has 0 unspecified atom stereocenters. The van der Waals surface area contributed by atoms with Gasteiger partial charge in [-0.25, -0.2) is 5.43 Å². The SMILES string of the molecule is CCOc1ccccc1/C=N\NC(=O)c1ccccc1. The third kappa shape index (κ3) is 3.68. The van der Waals surface area contributed by atoms with E-state index in [9.17, 15) is 4.79 Å². The third-order valence-corrected chi connectivity index (χ3v) is 2.62. The van der Waals surface area contributed by atoms with Crippen molar-refractivity contribution >= 4 is 12.1 Å². The first-order chi connectivity index (χ1) is 9.81. The van der Waals surface area contributed by atoms with Gasteiger partial charge in [-0.3, -0.25) is 4.79 Å². The lowest BCUT2D eigenvalue weighted by Crippen LogP contribution is -2.17. The molecule has 0 aliphatic heterocycles. The van der Waals surface area contributed by atoms with Gasteiger partial charge in [0.25, 0.3) is 5.91 Å². The maximum atomic E-state index is 11.8. The first kappa shape index (κ1) is 13.8. The molecule has 0 aliphatic carbocycles. The number of carbonyl (C=O) groups is 1. The van der Waals surface area contributed by atoms with E-state index in [1.807, 2.05) is 49.4 Å². The number of nitrogens with one attached hydrogen (secondary N) is 1. The van der Waals surface area contributed by atoms with Crippen molar-refractivity contribution in [3.8, 4) is 5.75 Å². The van der Waals surface area contributed by atoms with E-state index in [2.05, 4.69) is 10.5 Å². The molecule has 102 valence electrons. The smallest absolute Gasteiger partial charge is 0.271 e. The molecule has 20 heavy (non-hydrogen) atoms. The van der Waals surface area contributed by atoms with Crippen LogP contribution in [0.3, 0.4) is 0 Å². The molecule has 0 aromatic heterocycles. The van der Waals surface area contributed by atoms with E-state index >= 15 is 0 Å². The minimum Gasteiger partial charge on any atom is -0.493 e. The number of hydrazone groups is 1. The van der Waals surface area contributed by atoms with Crippen molar-refractivity contribution in [1.82, 2.24) is 5.43 Å². The maximum absolute atomic E-state index is 11.8. The highest BCUT2D eigenvalue weighted by atomic mass is 16.5. The largest absolute Gasteiger partial charge is 0.493 e. The van der Waals surface area contributed by atoms with Gasteiger partial charge in [0.2, 0.25) is 0 Å². The first-order valence-electron chi connectivity index (χ1n) is 6.41. The Hall–Kier alpha value is -2.62. The molecule has 0 saturated heterocycles. The molecule has 0 saturated carbocycles. The Balaban J connectivity index is 2.02. The minimum absolute atomic E-state index is 0.240. The zero-order valence-electron chi connectivity index (χ0n) is 11.2. The summed E-state index contributed by atoms with van der Waals surface area (Å²) < 4.78 is 5.48. The highest BCUT2D eigenvalue weighted by Gasteiger charge is 2.02. The predicted octanol–water partition coefficient (Wildman–Crippen LogP) is 2.85. The Morgan fingerprint density at radius 1 is 1.15 bits per heavy atom. The van der Waals surface area contributed by atoms with E-state index in [-0.39, 0.29) is 5.91 Å². The molecule has 4 heteroatoms. The van der Waals surface area contributed by atoms with Gasteiger partial charge >= 0.3 is 0 Å². The van der Waals surface area contributed by atoms with Crippen LogP contribution in [0.1, 0.15) is 22.8 Å². The summed E-state index contributed by atoms with van der Waals surface area (Å²) in [5.74, 6) is 0.503. The number of para-hydroxylation sites is 1. The van der Waals surface area contributed by atoms with Crippen molar-refractivity contribution in [1.29, 1.82) is 0 Å². The van der Waals surface area contributed by atoms with Crippen molar-refractivity contribution in [3.63, 3.8) is 0 Å². The van der Waals surface area contributed by atoms with Gasteiger partial charge in [0, 0.05) is 11.1 Å². The summed E-state index contributed by atoms with van der Waals surface area (Å²) in [6.45, 7) is 2.51. The topological polar surface area (TPSA) is 50.7 Å². The maximum Gasteiger partial charge on any atom is 0.271 e. The van der Waals surface area contributed by atoms with Crippen LogP contribution in [0.2, 0.25) is 0 Å². The fraction of sp³-hybridized carbons (Fsp3) is 0.125. The van der Waals surface area contributed by atoms with Gasteiger partial charge < -0.3 is 4.74 Å². The van der Waals surface area contributed by atoms with Crippen molar-refractivity contribution in [2.45, 2.75) is 6.92 Å². The first-order valence-corrected chi connectivity index (χ1v) is 6.41. The van der Waals surface area contributed by atoms with Gasteiger partial charge in [0.1, 0.15) is 5.75 Å². The Morgan fingerprint density at radius 2 is 1.85 bits per heavy atom. The van der Waals surface area contributed by atoms with Crippen molar-refractivity contribution in [3.05, 3.63) is 65.7 Å². The molecular weight excluding hydrogens is 252 g/mol. The van der Waals surface area contributed by atoms with Crippen molar-refractivity contribution in [2.75, 3.05) is 6.61 Å². The Morgan fingerprint density at radius 3 is 2.60 bits per heavy atom. The summed E-state index contributed by atoms with van der Waals surface area (Å²) >= 11 is 0.